The number of carbonyl (C=O) groups is 1. The molecule has 0 radical (unpaired) electrons. The second-order valence-electron chi connectivity index (χ2n) is 4.36. The van der Waals surface area contributed by atoms with Crippen molar-refractivity contribution in [3.05, 3.63) is 34.5 Å². The molecule has 0 unspecified atom stereocenters. The third kappa shape index (κ3) is 2.37. The summed E-state index contributed by atoms with van der Waals surface area (Å²) in [6, 6.07) is 4.92. The first-order valence-corrected chi connectivity index (χ1v) is 6.49. The number of hydrogen-bond acceptors (Lipinski definition) is 3. The summed E-state index contributed by atoms with van der Waals surface area (Å²) in [5.41, 5.74) is 0.536. The van der Waals surface area contributed by atoms with Crippen LogP contribution in [0.2, 0.25) is 0 Å². The van der Waals surface area contributed by atoms with Gasteiger partial charge in [-0.3, -0.25) is 0 Å². The molecule has 0 saturated heterocycles. The van der Waals surface area contributed by atoms with Crippen molar-refractivity contribution in [2.45, 2.75) is 26.4 Å². The van der Waals surface area contributed by atoms with Gasteiger partial charge in [-0.2, -0.15) is 0 Å². The molecule has 0 aliphatic heterocycles. The van der Waals surface area contributed by atoms with Gasteiger partial charge in [0.15, 0.2) is 0 Å². The molecule has 3 nitrogen and oxygen atoms in total. The Labute approximate surface area is 108 Å². The van der Waals surface area contributed by atoms with Gasteiger partial charge in [-0.25, -0.2) is 9.18 Å². The lowest BCUT2D eigenvalue weighted by Crippen LogP contribution is -2.22. The van der Waals surface area contributed by atoms with E-state index in [2.05, 4.69) is 5.32 Å². The lowest BCUT2D eigenvalue weighted by atomic mass is 10.1. The molecule has 18 heavy (non-hydrogen) atoms. The zero-order valence-electron chi connectivity index (χ0n) is 10.2. The van der Waals surface area contributed by atoms with E-state index in [-0.39, 0.29) is 16.7 Å². The molecule has 0 fully saturated rings. The van der Waals surface area contributed by atoms with Gasteiger partial charge >= 0.3 is 5.97 Å². The highest BCUT2D eigenvalue weighted by molar-refractivity contribution is 7.21. The van der Waals surface area contributed by atoms with E-state index in [1.165, 1.54) is 6.07 Å². The topological polar surface area (TPSA) is 49.3 Å². The van der Waals surface area contributed by atoms with E-state index in [9.17, 15) is 14.3 Å². The van der Waals surface area contributed by atoms with Crippen LogP contribution in [0, 0.1) is 5.82 Å². The van der Waals surface area contributed by atoms with Gasteiger partial charge in [0.05, 0.1) is 0 Å². The fourth-order valence-corrected chi connectivity index (χ4v) is 2.89. The Balaban J connectivity index is 2.57. The van der Waals surface area contributed by atoms with Crippen molar-refractivity contribution in [1.82, 2.24) is 5.32 Å². The van der Waals surface area contributed by atoms with Crippen molar-refractivity contribution < 1.29 is 14.3 Å². The van der Waals surface area contributed by atoms with Crippen LogP contribution in [-0.4, -0.2) is 17.1 Å². The molecule has 1 aromatic carbocycles. The van der Waals surface area contributed by atoms with Crippen molar-refractivity contribution >= 4 is 27.4 Å². The maximum atomic E-state index is 13.8. The average molecular weight is 267 g/mol. The average Bonchev–Trinajstić information content (AvgIpc) is 2.66. The van der Waals surface area contributed by atoms with Crippen LogP contribution in [-0.2, 0) is 6.54 Å². The summed E-state index contributed by atoms with van der Waals surface area (Å²) in [6.07, 6.45) is 0. The predicted octanol–water partition coefficient (Wildman–Crippen LogP) is 3.24. The highest BCUT2D eigenvalue weighted by Crippen LogP contribution is 2.33. The van der Waals surface area contributed by atoms with Crippen LogP contribution in [0.4, 0.5) is 4.39 Å². The van der Waals surface area contributed by atoms with Crippen molar-refractivity contribution in [1.29, 1.82) is 0 Å². The Morgan fingerprint density at radius 2 is 2.22 bits per heavy atom. The molecule has 96 valence electrons. The number of fused-ring (bicyclic) bond motifs is 1. The van der Waals surface area contributed by atoms with Gasteiger partial charge in [0, 0.05) is 28.2 Å². The minimum Gasteiger partial charge on any atom is -0.477 e. The zero-order chi connectivity index (χ0) is 13.3. The Kier molecular flexibility index (Phi) is 3.63. The normalized spacial score (nSPS) is 11.3. The molecular weight excluding hydrogens is 253 g/mol. The zero-order valence-corrected chi connectivity index (χ0v) is 11.0. The maximum absolute atomic E-state index is 13.8. The number of aromatic carboxylic acids is 1. The van der Waals surface area contributed by atoms with Crippen molar-refractivity contribution in [2.24, 2.45) is 0 Å². The van der Waals surface area contributed by atoms with Crippen LogP contribution in [0.15, 0.2) is 18.2 Å². The molecule has 0 atom stereocenters. The number of carboxylic acid groups (broad SMARTS) is 1. The highest BCUT2D eigenvalue weighted by Gasteiger charge is 2.19. The lowest BCUT2D eigenvalue weighted by Gasteiger charge is -2.08. The largest absolute Gasteiger partial charge is 0.477 e. The molecule has 0 bridgehead atoms. The molecule has 0 aliphatic carbocycles. The van der Waals surface area contributed by atoms with Gasteiger partial charge in [-0.1, -0.05) is 19.9 Å². The van der Waals surface area contributed by atoms with E-state index in [1.807, 2.05) is 13.8 Å². The number of benzene rings is 1. The Bertz CT molecular complexity index is 592. The number of thiophene rings is 1. The number of carboxylic acids is 1. The molecule has 2 rings (SSSR count). The van der Waals surface area contributed by atoms with Gasteiger partial charge in [0.2, 0.25) is 0 Å². The van der Waals surface area contributed by atoms with Crippen LogP contribution >= 0.6 is 11.3 Å². The number of halogens is 1. The Hall–Kier alpha value is -1.46. The lowest BCUT2D eigenvalue weighted by molar-refractivity contribution is 0.0701. The molecule has 5 heteroatoms. The van der Waals surface area contributed by atoms with Gasteiger partial charge in [0.1, 0.15) is 10.7 Å². The van der Waals surface area contributed by atoms with Gasteiger partial charge in [-0.05, 0) is 12.1 Å². The smallest absolute Gasteiger partial charge is 0.346 e. The third-order valence-corrected chi connectivity index (χ3v) is 3.83. The molecule has 2 N–H and O–H groups in total. The molecule has 0 amide bonds. The summed E-state index contributed by atoms with van der Waals surface area (Å²) in [7, 11) is 0. The molecule has 0 aliphatic rings. The Morgan fingerprint density at radius 1 is 1.50 bits per heavy atom. The molecular formula is C13H14FNO2S. The number of rotatable bonds is 4. The van der Waals surface area contributed by atoms with Crippen LogP contribution in [0.3, 0.4) is 0 Å². The summed E-state index contributed by atoms with van der Waals surface area (Å²) in [5, 5.41) is 12.7. The first kappa shape index (κ1) is 13.0. The standard InChI is InChI=1S/C13H14FNO2S/c1-7(2)15-6-8-11-9(14)4-3-5-10(11)18-12(8)13(16)17/h3-5,7,15H,6H2,1-2H3,(H,16,17). The quantitative estimate of drug-likeness (QED) is 0.894. The highest BCUT2D eigenvalue weighted by atomic mass is 32.1. The first-order chi connectivity index (χ1) is 8.50. The van der Waals surface area contributed by atoms with Crippen LogP contribution in [0.1, 0.15) is 29.1 Å². The minimum atomic E-state index is -1.00. The first-order valence-electron chi connectivity index (χ1n) is 5.67. The summed E-state index contributed by atoms with van der Waals surface area (Å²) in [4.78, 5) is 11.4. The Morgan fingerprint density at radius 3 is 2.83 bits per heavy atom. The van der Waals surface area contributed by atoms with E-state index in [0.29, 0.717) is 22.2 Å². The van der Waals surface area contributed by atoms with Crippen molar-refractivity contribution in [2.75, 3.05) is 0 Å². The van der Waals surface area contributed by atoms with Crippen molar-refractivity contribution in [3.8, 4) is 0 Å². The molecule has 1 aromatic heterocycles. The monoisotopic (exact) mass is 267 g/mol. The second kappa shape index (κ2) is 5.04. The summed E-state index contributed by atoms with van der Waals surface area (Å²) in [5.74, 6) is -1.37. The SMILES string of the molecule is CC(C)NCc1c(C(=O)O)sc2cccc(F)c12. The van der Waals surface area contributed by atoms with Crippen LogP contribution in [0.5, 0.6) is 0 Å². The minimum absolute atomic E-state index is 0.211. The predicted molar refractivity (Wildman–Crippen MR) is 70.7 cm³/mol. The van der Waals surface area contributed by atoms with Crippen LogP contribution < -0.4 is 5.32 Å². The van der Waals surface area contributed by atoms with Crippen LogP contribution in [0.25, 0.3) is 10.1 Å². The molecule has 0 spiro atoms. The van der Waals surface area contributed by atoms with E-state index in [1.54, 1.807) is 12.1 Å². The third-order valence-electron chi connectivity index (χ3n) is 2.64. The summed E-state index contributed by atoms with van der Waals surface area (Å²) >= 11 is 1.12. The van der Waals surface area contributed by atoms with Gasteiger partial charge in [-0.15, -0.1) is 11.3 Å². The fourth-order valence-electron chi connectivity index (χ4n) is 1.81. The van der Waals surface area contributed by atoms with E-state index >= 15 is 0 Å². The van der Waals surface area contributed by atoms with Crippen molar-refractivity contribution in [3.63, 3.8) is 0 Å². The van der Waals surface area contributed by atoms with Gasteiger partial charge < -0.3 is 10.4 Å². The second-order valence-corrected chi connectivity index (χ2v) is 5.42. The van der Waals surface area contributed by atoms with E-state index < -0.39 is 5.97 Å². The number of hydrogen-bond donors (Lipinski definition) is 2. The van der Waals surface area contributed by atoms with Gasteiger partial charge in [0.25, 0.3) is 0 Å². The molecule has 1 heterocycles. The van der Waals surface area contributed by atoms with E-state index in [4.69, 9.17) is 0 Å². The molecule has 2 aromatic rings. The number of nitrogens with one attached hydrogen (secondary N) is 1. The maximum Gasteiger partial charge on any atom is 0.346 e. The summed E-state index contributed by atoms with van der Waals surface area (Å²) in [6.45, 7) is 4.29. The fraction of sp³-hybridized carbons (Fsp3) is 0.308. The summed E-state index contributed by atoms with van der Waals surface area (Å²) < 4.78 is 14.5. The molecule has 0 saturated carbocycles. The van der Waals surface area contributed by atoms with E-state index in [0.717, 1.165) is 11.3 Å².